The Labute approximate surface area is 182 Å². The van der Waals surface area contributed by atoms with Crippen molar-refractivity contribution in [2.24, 2.45) is 4.36 Å². The number of H-pyrrole nitrogens is 1. The van der Waals surface area contributed by atoms with Crippen LogP contribution in [-0.2, 0) is 15.5 Å². The zero-order valence-corrected chi connectivity index (χ0v) is 18.4. The molecule has 162 valence electrons. The molecule has 1 atom stereocenters. The van der Waals surface area contributed by atoms with Crippen molar-refractivity contribution >= 4 is 20.9 Å². The van der Waals surface area contributed by atoms with Gasteiger partial charge in [-0.2, -0.15) is 5.10 Å². The maximum absolute atomic E-state index is 13.3. The molecule has 0 aromatic carbocycles. The summed E-state index contributed by atoms with van der Waals surface area (Å²) >= 11 is 0. The standard InChI is InChI=1S/C21H26N8OS/c1-22-12-21(13-28(14-21)31(2,30)27-17-6-4-3-5-7-17)29-11-16(10-26-29)19-18-8-9-23-20(18)25-15-24-19/h8-11,15,17H,3-7,12-14H2,2H3,(H,23,24,25). The largest absolute Gasteiger partial charge is 0.346 e. The molecule has 0 bridgehead atoms. The highest BCUT2D eigenvalue weighted by molar-refractivity contribution is 7.90. The molecule has 1 saturated heterocycles. The SMILES string of the molecule is [C-]#[N+]CC1(n2cc(-c3ncnc4[nH]ccc34)cn2)CN(S(C)(=O)=NC2CCCCC2)C1. The third-order valence-electron chi connectivity index (χ3n) is 6.41. The van der Waals surface area contributed by atoms with Gasteiger partial charge in [0.25, 0.3) is 0 Å². The number of rotatable bonds is 5. The van der Waals surface area contributed by atoms with Crippen LogP contribution in [0, 0.1) is 6.57 Å². The van der Waals surface area contributed by atoms with E-state index >= 15 is 0 Å². The molecule has 0 amide bonds. The van der Waals surface area contributed by atoms with E-state index in [-0.39, 0.29) is 12.6 Å². The predicted octanol–water partition coefficient (Wildman–Crippen LogP) is 3.10. The van der Waals surface area contributed by atoms with E-state index < -0.39 is 15.5 Å². The summed E-state index contributed by atoms with van der Waals surface area (Å²) in [6.07, 6.45) is 14.5. The number of fused-ring (bicyclic) bond motifs is 1. The van der Waals surface area contributed by atoms with Gasteiger partial charge in [-0.3, -0.25) is 4.68 Å². The van der Waals surface area contributed by atoms with Crippen molar-refractivity contribution in [3.63, 3.8) is 0 Å². The van der Waals surface area contributed by atoms with Crippen LogP contribution in [0.2, 0.25) is 0 Å². The minimum absolute atomic E-state index is 0.194. The zero-order valence-electron chi connectivity index (χ0n) is 17.6. The lowest BCUT2D eigenvalue weighted by atomic mass is 9.92. The third-order valence-corrected chi connectivity index (χ3v) is 8.31. The molecule has 2 aliphatic rings. The van der Waals surface area contributed by atoms with Crippen molar-refractivity contribution in [3.05, 3.63) is 42.4 Å². The number of hydrogen-bond donors (Lipinski definition) is 1. The first kappa shape index (κ1) is 20.2. The van der Waals surface area contributed by atoms with Crippen LogP contribution >= 0.6 is 0 Å². The van der Waals surface area contributed by atoms with Crippen LogP contribution < -0.4 is 0 Å². The van der Waals surface area contributed by atoms with E-state index in [9.17, 15) is 4.21 Å². The van der Waals surface area contributed by atoms with Crippen molar-refractivity contribution in [1.82, 2.24) is 29.0 Å². The highest BCUT2D eigenvalue weighted by atomic mass is 32.2. The Hall–Kier alpha value is -2.77. The first-order valence-corrected chi connectivity index (χ1v) is 12.5. The monoisotopic (exact) mass is 438 g/mol. The van der Waals surface area contributed by atoms with Crippen molar-refractivity contribution < 1.29 is 4.21 Å². The molecule has 31 heavy (non-hydrogen) atoms. The second-order valence-electron chi connectivity index (χ2n) is 8.63. The Morgan fingerprint density at radius 1 is 1.32 bits per heavy atom. The van der Waals surface area contributed by atoms with Gasteiger partial charge < -0.3 is 9.83 Å². The average Bonchev–Trinajstić information content (AvgIpc) is 3.40. The van der Waals surface area contributed by atoms with Crippen LogP contribution in [0.25, 0.3) is 27.1 Å². The van der Waals surface area contributed by atoms with Crippen LogP contribution in [0.5, 0.6) is 0 Å². The molecular weight excluding hydrogens is 412 g/mol. The first-order chi connectivity index (χ1) is 15.0. The number of nitrogens with zero attached hydrogens (tertiary/aromatic N) is 7. The summed E-state index contributed by atoms with van der Waals surface area (Å²) in [6, 6.07) is 2.14. The van der Waals surface area contributed by atoms with Gasteiger partial charge >= 0.3 is 0 Å². The Balaban J connectivity index is 1.40. The summed E-state index contributed by atoms with van der Waals surface area (Å²) in [5.41, 5.74) is 1.96. The van der Waals surface area contributed by atoms with Crippen molar-refractivity contribution in [2.45, 2.75) is 43.7 Å². The van der Waals surface area contributed by atoms with Crippen LogP contribution in [0.15, 0.2) is 35.3 Å². The normalized spacial score (nSPS) is 21.3. The predicted molar refractivity (Wildman–Crippen MR) is 119 cm³/mol. The molecule has 2 fully saturated rings. The number of nitrogens with one attached hydrogen (secondary N) is 1. The molecule has 1 unspecified atom stereocenters. The van der Waals surface area contributed by atoms with Gasteiger partial charge in [-0.25, -0.2) is 29.4 Å². The molecule has 1 N–H and O–H groups in total. The fraction of sp³-hybridized carbons (Fsp3) is 0.524. The maximum Gasteiger partial charge on any atom is 0.242 e. The minimum atomic E-state index is -2.45. The average molecular weight is 439 g/mol. The smallest absolute Gasteiger partial charge is 0.242 e. The van der Waals surface area contributed by atoms with E-state index in [4.69, 9.17) is 10.9 Å². The molecule has 1 aliphatic heterocycles. The van der Waals surface area contributed by atoms with Gasteiger partial charge in [0.1, 0.15) is 21.9 Å². The van der Waals surface area contributed by atoms with Crippen LogP contribution in [0.4, 0.5) is 0 Å². The molecular formula is C21H26N8OS. The molecule has 3 aromatic heterocycles. The molecule has 1 saturated carbocycles. The molecule has 0 radical (unpaired) electrons. The minimum Gasteiger partial charge on any atom is -0.346 e. The van der Waals surface area contributed by atoms with E-state index in [0.717, 1.165) is 35.1 Å². The molecule has 1 aliphatic carbocycles. The zero-order chi connectivity index (χ0) is 21.5. The second kappa shape index (κ2) is 7.73. The lowest BCUT2D eigenvalue weighted by molar-refractivity contribution is 0.0869. The summed E-state index contributed by atoms with van der Waals surface area (Å²) < 4.78 is 21.8. The van der Waals surface area contributed by atoms with E-state index in [1.165, 1.54) is 25.6 Å². The quantitative estimate of drug-likeness (QED) is 0.619. The number of aromatic nitrogens is 5. The summed E-state index contributed by atoms with van der Waals surface area (Å²) in [6.45, 7) is 8.77. The fourth-order valence-corrected chi connectivity index (χ4v) is 6.51. The van der Waals surface area contributed by atoms with Crippen LogP contribution in [-0.4, -0.2) is 65.2 Å². The molecule has 5 rings (SSSR count). The Morgan fingerprint density at radius 2 is 2.13 bits per heavy atom. The van der Waals surface area contributed by atoms with Gasteiger partial charge in [0, 0.05) is 42.7 Å². The van der Waals surface area contributed by atoms with Gasteiger partial charge in [-0.05, 0) is 18.9 Å². The second-order valence-corrected chi connectivity index (χ2v) is 10.9. The highest BCUT2D eigenvalue weighted by Crippen LogP contribution is 2.35. The summed E-state index contributed by atoms with van der Waals surface area (Å²) in [5.74, 6) is 0. The summed E-state index contributed by atoms with van der Waals surface area (Å²) in [7, 11) is -2.45. The lowest BCUT2D eigenvalue weighted by Gasteiger charge is -2.46. The van der Waals surface area contributed by atoms with Gasteiger partial charge in [-0.1, -0.05) is 19.3 Å². The van der Waals surface area contributed by atoms with E-state index in [2.05, 4.69) is 24.9 Å². The number of hydrogen-bond acceptors (Lipinski definition) is 5. The van der Waals surface area contributed by atoms with Gasteiger partial charge in [-0.15, -0.1) is 0 Å². The van der Waals surface area contributed by atoms with Gasteiger partial charge in [0.2, 0.25) is 6.54 Å². The Bertz CT molecular complexity index is 1250. The Kier molecular flexibility index (Phi) is 5.02. The van der Waals surface area contributed by atoms with Crippen molar-refractivity contribution in [1.29, 1.82) is 0 Å². The van der Waals surface area contributed by atoms with Crippen LogP contribution in [0.1, 0.15) is 32.1 Å². The van der Waals surface area contributed by atoms with Crippen molar-refractivity contribution in [3.8, 4) is 11.3 Å². The topological polar surface area (TPSA) is 96.4 Å². The molecule has 3 aromatic rings. The fourth-order valence-electron chi connectivity index (χ4n) is 4.65. The van der Waals surface area contributed by atoms with E-state index in [0.29, 0.717) is 13.1 Å². The number of aromatic amines is 1. The van der Waals surface area contributed by atoms with Gasteiger partial charge in [0.15, 0.2) is 5.54 Å². The highest BCUT2D eigenvalue weighted by Gasteiger charge is 2.51. The third kappa shape index (κ3) is 3.62. The molecule has 4 heterocycles. The molecule has 10 heteroatoms. The maximum atomic E-state index is 13.3. The summed E-state index contributed by atoms with van der Waals surface area (Å²) in [5, 5.41) is 5.51. The van der Waals surface area contributed by atoms with Gasteiger partial charge in [0.05, 0.1) is 17.9 Å². The lowest BCUT2D eigenvalue weighted by Crippen LogP contribution is -2.65. The van der Waals surface area contributed by atoms with Crippen molar-refractivity contribution in [2.75, 3.05) is 25.9 Å². The van der Waals surface area contributed by atoms with Crippen LogP contribution in [0.3, 0.4) is 0 Å². The van der Waals surface area contributed by atoms with E-state index in [1.54, 1.807) is 12.5 Å². The first-order valence-electron chi connectivity index (χ1n) is 10.6. The van der Waals surface area contributed by atoms with E-state index in [1.807, 2.05) is 27.4 Å². The Morgan fingerprint density at radius 3 is 2.90 bits per heavy atom. The molecule has 0 spiro atoms. The summed E-state index contributed by atoms with van der Waals surface area (Å²) in [4.78, 5) is 15.4. The molecule has 9 nitrogen and oxygen atoms in total.